The Hall–Kier alpha value is -0.0500. The van der Waals surface area contributed by atoms with Crippen LogP contribution in [0.25, 0.3) is 0 Å². The van der Waals surface area contributed by atoms with Gasteiger partial charge in [-0.05, 0) is 26.2 Å². The van der Waals surface area contributed by atoms with Crippen molar-refractivity contribution in [1.29, 1.82) is 0 Å². The molecule has 0 aliphatic heterocycles. The van der Waals surface area contributed by atoms with E-state index in [1.165, 1.54) is 0 Å². The molecule has 2 nitrogen and oxygen atoms in total. The molecule has 0 rings (SSSR count). The first-order valence-corrected chi connectivity index (χ1v) is 6.90. The Balaban J connectivity index is 4.41. The van der Waals surface area contributed by atoms with Gasteiger partial charge in [-0.25, -0.2) is 0 Å². The summed E-state index contributed by atoms with van der Waals surface area (Å²) in [5.74, 6) is 0.839. The van der Waals surface area contributed by atoms with E-state index in [2.05, 4.69) is 43.6 Å². The molecule has 1 atom stereocenters. The zero-order valence-corrected chi connectivity index (χ0v) is 12.2. The van der Waals surface area contributed by atoms with Crippen LogP contribution in [-0.2, 0) is 4.79 Å². The summed E-state index contributed by atoms with van der Waals surface area (Å²) >= 11 is 3.40. The Morgan fingerprint density at radius 1 is 1.20 bits per heavy atom. The van der Waals surface area contributed by atoms with E-state index in [-0.39, 0.29) is 5.92 Å². The normalized spacial score (nSPS) is 13.3. The molecule has 0 saturated heterocycles. The van der Waals surface area contributed by atoms with E-state index in [4.69, 9.17) is 0 Å². The van der Waals surface area contributed by atoms with Gasteiger partial charge in [-0.2, -0.15) is 0 Å². The second-order valence-electron chi connectivity index (χ2n) is 4.70. The van der Waals surface area contributed by atoms with Crippen molar-refractivity contribution in [3.05, 3.63) is 0 Å². The first-order chi connectivity index (χ1) is 6.91. The van der Waals surface area contributed by atoms with Gasteiger partial charge in [0.2, 0.25) is 5.91 Å². The van der Waals surface area contributed by atoms with Crippen molar-refractivity contribution >= 4 is 21.8 Å². The van der Waals surface area contributed by atoms with Crippen LogP contribution in [0, 0.1) is 11.8 Å². The van der Waals surface area contributed by atoms with Gasteiger partial charge in [-0.3, -0.25) is 4.79 Å². The highest BCUT2D eigenvalue weighted by Gasteiger charge is 2.24. The van der Waals surface area contributed by atoms with E-state index in [1.54, 1.807) is 0 Å². The molecule has 90 valence electrons. The average Bonchev–Trinajstić information content (AvgIpc) is 2.16. The third kappa shape index (κ3) is 5.01. The van der Waals surface area contributed by atoms with Gasteiger partial charge in [0, 0.05) is 23.8 Å². The van der Waals surface area contributed by atoms with Crippen LogP contribution in [0.3, 0.4) is 0 Å². The second kappa shape index (κ2) is 7.26. The van der Waals surface area contributed by atoms with Crippen molar-refractivity contribution in [2.24, 2.45) is 11.8 Å². The first kappa shape index (κ1) is 14.9. The van der Waals surface area contributed by atoms with Gasteiger partial charge in [-0.15, -0.1) is 0 Å². The molecule has 1 unspecified atom stereocenters. The summed E-state index contributed by atoms with van der Waals surface area (Å²) in [5.41, 5.74) is 0. The number of hydrogen-bond donors (Lipinski definition) is 0. The van der Waals surface area contributed by atoms with Crippen molar-refractivity contribution in [3.63, 3.8) is 0 Å². The van der Waals surface area contributed by atoms with E-state index < -0.39 is 0 Å². The number of alkyl halides is 1. The van der Waals surface area contributed by atoms with Crippen molar-refractivity contribution in [2.75, 3.05) is 11.9 Å². The maximum absolute atomic E-state index is 12.1. The number of nitrogens with zero attached hydrogens (tertiary/aromatic N) is 1. The highest BCUT2D eigenvalue weighted by Crippen LogP contribution is 2.15. The Bertz CT molecular complexity index is 192. The van der Waals surface area contributed by atoms with Crippen LogP contribution in [0.15, 0.2) is 0 Å². The standard InChI is InChI=1S/C12H24BrNO/c1-9(2)11(5)12(15)14(10(3)4)8-6-7-13/h9-11H,6-8H2,1-5H3. The molecule has 0 bridgehead atoms. The Labute approximate surface area is 103 Å². The third-order valence-electron chi connectivity index (χ3n) is 2.83. The lowest BCUT2D eigenvalue weighted by Crippen LogP contribution is -2.42. The summed E-state index contributed by atoms with van der Waals surface area (Å²) in [6.07, 6.45) is 1.02. The Morgan fingerprint density at radius 2 is 1.73 bits per heavy atom. The molecule has 1 amide bonds. The smallest absolute Gasteiger partial charge is 0.225 e. The number of rotatable bonds is 6. The van der Waals surface area contributed by atoms with Crippen LogP contribution < -0.4 is 0 Å². The van der Waals surface area contributed by atoms with Crippen LogP contribution in [0.1, 0.15) is 41.0 Å². The molecule has 0 aliphatic carbocycles. The van der Waals surface area contributed by atoms with Gasteiger partial charge in [0.15, 0.2) is 0 Å². The largest absolute Gasteiger partial charge is 0.340 e. The lowest BCUT2D eigenvalue weighted by molar-refractivity contribution is -0.138. The van der Waals surface area contributed by atoms with Gasteiger partial charge in [0.05, 0.1) is 0 Å². The Kier molecular flexibility index (Phi) is 7.24. The fraction of sp³-hybridized carbons (Fsp3) is 0.917. The quantitative estimate of drug-likeness (QED) is 0.683. The molecule has 0 saturated carbocycles. The topological polar surface area (TPSA) is 20.3 Å². The van der Waals surface area contributed by atoms with Crippen LogP contribution in [0.4, 0.5) is 0 Å². The van der Waals surface area contributed by atoms with Gasteiger partial charge in [-0.1, -0.05) is 36.7 Å². The summed E-state index contributed by atoms with van der Waals surface area (Å²) in [4.78, 5) is 14.1. The lowest BCUT2D eigenvalue weighted by atomic mass is 9.96. The van der Waals surface area contributed by atoms with Crippen LogP contribution in [0.2, 0.25) is 0 Å². The maximum Gasteiger partial charge on any atom is 0.225 e. The zero-order chi connectivity index (χ0) is 12.0. The molecule has 0 N–H and O–H groups in total. The molecule has 0 fully saturated rings. The third-order valence-corrected chi connectivity index (χ3v) is 3.39. The average molecular weight is 278 g/mol. The fourth-order valence-corrected chi connectivity index (χ4v) is 1.65. The van der Waals surface area contributed by atoms with Crippen LogP contribution in [-0.4, -0.2) is 28.7 Å². The summed E-state index contributed by atoms with van der Waals surface area (Å²) in [6.45, 7) is 11.3. The monoisotopic (exact) mass is 277 g/mol. The van der Waals surface area contributed by atoms with Crippen molar-refractivity contribution in [3.8, 4) is 0 Å². The minimum atomic E-state index is 0.128. The van der Waals surface area contributed by atoms with E-state index in [0.29, 0.717) is 17.9 Å². The van der Waals surface area contributed by atoms with Gasteiger partial charge in [0.25, 0.3) is 0 Å². The van der Waals surface area contributed by atoms with Crippen LogP contribution in [0.5, 0.6) is 0 Å². The van der Waals surface area contributed by atoms with Crippen molar-refractivity contribution in [1.82, 2.24) is 4.90 Å². The van der Waals surface area contributed by atoms with Crippen LogP contribution >= 0.6 is 15.9 Å². The summed E-state index contributed by atoms with van der Waals surface area (Å²) < 4.78 is 0. The Morgan fingerprint density at radius 3 is 2.07 bits per heavy atom. The lowest BCUT2D eigenvalue weighted by Gasteiger charge is -2.30. The number of carbonyl (C=O) groups is 1. The zero-order valence-electron chi connectivity index (χ0n) is 10.6. The van der Waals surface area contributed by atoms with Gasteiger partial charge >= 0.3 is 0 Å². The second-order valence-corrected chi connectivity index (χ2v) is 5.49. The fourth-order valence-electron chi connectivity index (χ4n) is 1.40. The van der Waals surface area contributed by atoms with Gasteiger partial charge < -0.3 is 4.90 Å². The molecule has 0 spiro atoms. The maximum atomic E-state index is 12.1. The molecule has 0 aromatic rings. The SMILES string of the molecule is CC(C)C(C)C(=O)N(CCCBr)C(C)C. The molecular weight excluding hydrogens is 254 g/mol. The highest BCUT2D eigenvalue weighted by molar-refractivity contribution is 9.09. The molecule has 15 heavy (non-hydrogen) atoms. The number of carbonyl (C=O) groups excluding carboxylic acids is 1. The van der Waals surface area contributed by atoms with E-state index in [9.17, 15) is 4.79 Å². The minimum absolute atomic E-state index is 0.128. The summed E-state index contributed by atoms with van der Waals surface area (Å²) in [7, 11) is 0. The summed E-state index contributed by atoms with van der Waals surface area (Å²) in [5, 5.41) is 0.958. The number of halogens is 1. The molecule has 0 radical (unpaired) electrons. The molecule has 0 heterocycles. The van der Waals surface area contributed by atoms with Gasteiger partial charge in [0.1, 0.15) is 0 Å². The molecule has 0 aliphatic rings. The minimum Gasteiger partial charge on any atom is -0.340 e. The molecule has 0 aromatic carbocycles. The van der Waals surface area contributed by atoms with E-state index in [1.807, 2.05) is 11.8 Å². The predicted molar refractivity (Wildman–Crippen MR) is 69.3 cm³/mol. The number of amides is 1. The molecule has 3 heteroatoms. The molecule has 0 aromatic heterocycles. The number of hydrogen-bond acceptors (Lipinski definition) is 1. The van der Waals surface area contributed by atoms with Crippen molar-refractivity contribution in [2.45, 2.75) is 47.1 Å². The van der Waals surface area contributed by atoms with Crippen molar-refractivity contribution < 1.29 is 4.79 Å². The van der Waals surface area contributed by atoms with E-state index >= 15 is 0 Å². The first-order valence-electron chi connectivity index (χ1n) is 5.78. The predicted octanol–water partition coefficient (Wildman–Crippen LogP) is 3.30. The highest BCUT2D eigenvalue weighted by atomic mass is 79.9. The summed E-state index contributed by atoms with van der Waals surface area (Å²) in [6, 6.07) is 0.303. The molecular formula is C12H24BrNO. The van der Waals surface area contributed by atoms with E-state index in [0.717, 1.165) is 18.3 Å².